The van der Waals surface area contributed by atoms with Gasteiger partial charge in [-0.1, -0.05) is 18.2 Å². The summed E-state index contributed by atoms with van der Waals surface area (Å²) >= 11 is 1.66. The van der Waals surface area contributed by atoms with Crippen molar-refractivity contribution in [3.8, 4) is 0 Å². The maximum Gasteiger partial charge on any atom is 0.322 e. The van der Waals surface area contributed by atoms with Crippen molar-refractivity contribution < 1.29 is 14.3 Å². The number of carbonyl (C=O) groups excluding carboxylic acids is 1. The number of nitrogens with zero attached hydrogens (tertiary/aromatic N) is 1. The van der Waals surface area contributed by atoms with Crippen LogP contribution in [-0.4, -0.2) is 37.2 Å². The zero-order valence-corrected chi connectivity index (χ0v) is 14.6. The summed E-state index contributed by atoms with van der Waals surface area (Å²) in [6, 6.07) is 11.7. The molecule has 5 nitrogen and oxygen atoms in total. The lowest BCUT2D eigenvalue weighted by Crippen LogP contribution is -2.44. The number of thiophene rings is 1. The minimum absolute atomic E-state index is 0.0296. The number of ether oxygens (including phenoxy) is 2. The summed E-state index contributed by atoms with van der Waals surface area (Å²) in [4.78, 5) is 15.4. The van der Waals surface area contributed by atoms with Gasteiger partial charge in [-0.2, -0.15) is 0 Å². The van der Waals surface area contributed by atoms with Crippen molar-refractivity contribution in [2.45, 2.75) is 19.6 Å². The van der Waals surface area contributed by atoms with E-state index in [-0.39, 0.29) is 12.1 Å². The van der Waals surface area contributed by atoms with Crippen LogP contribution in [-0.2, 0) is 16.1 Å². The molecule has 3 rings (SSSR count). The number of hydrogen-bond acceptors (Lipinski definition) is 4. The number of nitrogens with one attached hydrogen (secondary N) is 1. The topological polar surface area (TPSA) is 50.8 Å². The predicted octanol–water partition coefficient (Wildman–Crippen LogP) is 3.89. The van der Waals surface area contributed by atoms with Crippen LogP contribution in [0.2, 0.25) is 0 Å². The minimum Gasteiger partial charge on any atom is -0.377 e. The molecular weight excluding hydrogens is 324 g/mol. The summed E-state index contributed by atoms with van der Waals surface area (Å²) in [5.74, 6) is 0. The summed E-state index contributed by atoms with van der Waals surface area (Å²) in [5, 5.41) is 4.98. The lowest BCUT2D eigenvalue weighted by Gasteiger charge is -2.32. The van der Waals surface area contributed by atoms with Crippen molar-refractivity contribution in [1.82, 2.24) is 4.90 Å². The van der Waals surface area contributed by atoms with Crippen LogP contribution in [0.4, 0.5) is 10.5 Å². The molecule has 1 atom stereocenters. The van der Waals surface area contributed by atoms with Crippen molar-refractivity contribution in [2.75, 3.05) is 31.6 Å². The lowest BCUT2D eigenvalue weighted by molar-refractivity contribution is -0.0115. The van der Waals surface area contributed by atoms with Gasteiger partial charge in [-0.3, -0.25) is 0 Å². The second-order valence-electron chi connectivity index (χ2n) is 5.59. The molecule has 0 aliphatic carbocycles. The van der Waals surface area contributed by atoms with Gasteiger partial charge in [0, 0.05) is 23.7 Å². The van der Waals surface area contributed by atoms with Crippen LogP contribution in [0.25, 0.3) is 0 Å². The average molecular weight is 346 g/mol. The number of urea groups is 1. The highest BCUT2D eigenvalue weighted by atomic mass is 32.1. The van der Waals surface area contributed by atoms with Crippen LogP contribution in [0.15, 0.2) is 41.8 Å². The Bertz CT molecular complexity index is 643. The summed E-state index contributed by atoms with van der Waals surface area (Å²) in [6.45, 7) is 5.01. The normalized spacial score (nSPS) is 17.7. The van der Waals surface area contributed by atoms with Gasteiger partial charge in [0.25, 0.3) is 0 Å². The number of carbonyl (C=O) groups is 1. The van der Waals surface area contributed by atoms with E-state index in [1.54, 1.807) is 11.3 Å². The van der Waals surface area contributed by atoms with E-state index < -0.39 is 0 Å². The van der Waals surface area contributed by atoms with Gasteiger partial charge in [0.15, 0.2) is 0 Å². The fraction of sp³-hybridized carbons (Fsp3) is 0.389. The van der Waals surface area contributed by atoms with E-state index in [1.807, 2.05) is 53.6 Å². The molecule has 1 aromatic heterocycles. The monoisotopic (exact) mass is 346 g/mol. The van der Waals surface area contributed by atoms with Crippen molar-refractivity contribution in [3.63, 3.8) is 0 Å². The standard InChI is InChI=1S/C18H22N2O3S/c1-2-22-13-14-5-7-15(8-6-14)19-18(21)20-9-10-23-16(12-20)17-4-3-11-24-17/h3-8,11,16H,2,9-10,12-13H2,1H3,(H,19,21). The van der Waals surface area contributed by atoms with E-state index in [9.17, 15) is 4.79 Å². The molecule has 24 heavy (non-hydrogen) atoms. The van der Waals surface area contributed by atoms with E-state index in [1.165, 1.54) is 0 Å². The van der Waals surface area contributed by atoms with Crippen molar-refractivity contribution in [3.05, 3.63) is 52.2 Å². The first-order valence-corrected chi connectivity index (χ1v) is 9.02. The molecule has 1 aliphatic heterocycles. The van der Waals surface area contributed by atoms with Crippen LogP contribution < -0.4 is 5.32 Å². The van der Waals surface area contributed by atoms with Gasteiger partial charge in [0.2, 0.25) is 0 Å². The summed E-state index contributed by atoms with van der Waals surface area (Å²) in [6.07, 6.45) is -0.0296. The molecule has 1 aliphatic rings. The Morgan fingerprint density at radius 3 is 2.92 bits per heavy atom. The molecule has 0 saturated carbocycles. The smallest absolute Gasteiger partial charge is 0.322 e. The Morgan fingerprint density at radius 1 is 1.38 bits per heavy atom. The third kappa shape index (κ3) is 4.35. The number of hydrogen-bond donors (Lipinski definition) is 1. The van der Waals surface area contributed by atoms with E-state index in [0.717, 1.165) is 16.1 Å². The van der Waals surface area contributed by atoms with Crippen molar-refractivity contribution in [1.29, 1.82) is 0 Å². The fourth-order valence-electron chi connectivity index (χ4n) is 2.59. The molecular formula is C18H22N2O3S. The first kappa shape index (κ1) is 17.0. The van der Waals surface area contributed by atoms with Crippen LogP contribution in [0.1, 0.15) is 23.5 Å². The predicted molar refractivity (Wildman–Crippen MR) is 95.4 cm³/mol. The molecule has 1 unspecified atom stereocenters. The van der Waals surface area contributed by atoms with Gasteiger partial charge in [0.05, 0.1) is 19.8 Å². The van der Waals surface area contributed by atoms with E-state index in [2.05, 4.69) is 5.32 Å². The molecule has 1 aromatic carbocycles. The second kappa shape index (κ2) is 8.28. The highest BCUT2D eigenvalue weighted by Gasteiger charge is 2.26. The third-order valence-electron chi connectivity index (χ3n) is 3.89. The minimum atomic E-state index is -0.0857. The highest BCUT2D eigenvalue weighted by molar-refractivity contribution is 7.10. The Labute approximate surface area is 146 Å². The Hall–Kier alpha value is -1.89. The molecule has 6 heteroatoms. The molecule has 128 valence electrons. The number of amides is 2. The average Bonchev–Trinajstić information content (AvgIpc) is 3.16. The first-order chi connectivity index (χ1) is 11.8. The van der Waals surface area contributed by atoms with Crippen LogP contribution in [0.5, 0.6) is 0 Å². The molecule has 1 fully saturated rings. The molecule has 0 bridgehead atoms. The van der Waals surface area contributed by atoms with Gasteiger partial charge < -0.3 is 19.7 Å². The Balaban J connectivity index is 1.56. The first-order valence-electron chi connectivity index (χ1n) is 8.14. The zero-order valence-electron chi connectivity index (χ0n) is 13.7. The molecule has 0 spiro atoms. The van der Waals surface area contributed by atoms with Crippen LogP contribution >= 0.6 is 11.3 Å². The molecule has 2 amide bonds. The molecule has 1 saturated heterocycles. The number of anilines is 1. The van der Waals surface area contributed by atoms with E-state index >= 15 is 0 Å². The van der Waals surface area contributed by atoms with Gasteiger partial charge in [-0.15, -0.1) is 11.3 Å². The Morgan fingerprint density at radius 2 is 2.21 bits per heavy atom. The van der Waals surface area contributed by atoms with Crippen molar-refractivity contribution in [2.24, 2.45) is 0 Å². The quantitative estimate of drug-likeness (QED) is 0.893. The molecule has 1 N–H and O–H groups in total. The maximum atomic E-state index is 12.5. The lowest BCUT2D eigenvalue weighted by atomic mass is 10.2. The summed E-state index contributed by atoms with van der Waals surface area (Å²) in [7, 11) is 0. The Kier molecular flexibility index (Phi) is 5.85. The SMILES string of the molecule is CCOCc1ccc(NC(=O)N2CCOC(c3cccs3)C2)cc1. The van der Waals surface area contributed by atoms with Crippen LogP contribution in [0, 0.1) is 0 Å². The highest BCUT2D eigenvalue weighted by Crippen LogP contribution is 2.26. The second-order valence-corrected chi connectivity index (χ2v) is 6.56. The fourth-order valence-corrected chi connectivity index (χ4v) is 3.35. The van der Waals surface area contributed by atoms with E-state index in [0.29, 0.717) is 32.9 Å². The van der Waals surface area contributed by atoms with E-state index in [4.69, 9.17) is 9.47 Å². The number of benzene rings is 1. The van der Waals surface area contributed by atoms with Gasteiger partial charge in [-0.05, 0) is 36.1 Å². The largest absolute Gasteiger partial charge is 0.377 e. The van der Waals surface area contributed by atoms with Gasteiger partial charge >= 0.3 is 6.03 Å². The number of rotatable bonds is 5. The van der Waals surface area contributed by atoms with Crippen LogP contribution in [0.3, 0.4) is 0 Å². The molecule has 0 radical (unpaired) electrons. The van der Waals surface area contributed by atoms with Crippen molar-refractivity contribution >= 4 is 23.1 Å². The third-order valence-corrected chi connectivity index (χ3v) is 4.86. The molecule has 2 aromatic rings. The maximum absolute atomic E-state index is 12.5. The van der Waals surface area contributed by atoms with Gasteiger partial charge in [-0.25, -0.2) is 4.79 Å². The number of morpholine rings is 1. The summed E-state index contributed by atoms with van der Waals surface area (Å²) in [5.41, 5.74) is 1.89. The van der Waals surface area contributed by atoms with Gasteiger partial charge in [0.1, 0.15) is 6.10 Å². The molecule has 2 heterocycles. The zero-order chi connectivity index (χ0) is 16.8. The summed E-state index contributed by atoms with van der Waals surface area (Å²) < 4.78 is 11.2.